The molecule has 2 unspecified atom stereocenters. The van der Waals surface area contributed by atoms with Gasteiger partial charge < -0.3 is 20.5 Å². The van der Waals surface area contributed by atoms with Crippen LogP contribution in [0, 0.1) is 17.0 Å². The summed E-state index contributed by atoms with van der Waals surface area (Å²) in [4.78, 5) is 31.7. The summed E-state index contributed by atoms with van der Waals surface area (Å²) in [5.41, 5.74) is 0.0990. The third kappa shape index (κ3) is 6.73. The highest BCUT2D eigenvalue weighted by atomic mass is 35.5. The van der Waals surface area contributed by atoms with E-state index in [0.717, 1.165) is 0 Å². The molecular formula is C14H16Cl2N3O6. The number of halogens is 2. The number of aliphatic hydroxyl groups excluding tert-OH is 1. The summed E-state index contributed by atoms with van der Waals surface area (Å²) in [5.74, 6) is -0.796. The molecule has 0 heterocycles. The summed E-state index contributed by atoms with van der Waals surface area (Å²) in [6.07, 6.45) is -2.12. The number of nitrogens with zero attached hydrogens (tertiary/aromatic N) is 1. The van der Waals surface area contributed by atoms with Crippen LogP contribution in [0.3, 0.4) is 0 Å². The van der Waals surface area contributed by atoms with Crippen LogP contribution < -0.4 is 10.6 Å². The number of nitrogens with one attached hydrogen (secondary N) is 2. The lowest BCUT2D eigenvalue weighted by atomic mass is 10.0. The number of non-ortho nitro benzene ring substituents is 1. The zero-order chi connectivity index (χ0) is 19.0. The molecule has 0 fully saturated rings. The van der Waals surface area contributed by atoms with Crippen molar-refractivity contribution in [3.63, 3.8) is 0 Å². The van der Waals surface area contributed by atoms with E-state index in [9.17, 15) is 24.8 Å². The van der Waals surface area contributed by atoms with E-state index in [2.05, 4.69) is 17.6 Å². The zero-order valence-electron chi connectivity index (χ0n) is 12.9. The Hall–Kier alpha value is -2.10. The zero-order valence-corrected chi connectivity index (χ0v) is 14.4. The Morgan fingerprint density at radius 3 is 2.40 bits per heavy atom. The van der Waals surface area contributed by atoms with Crippen LogP contribution in [-0.4, -0.2) is 46.1 Å². The number of benzene rings is 1. The molecule has 1 rings (SSSR count). The normalized spacial score (nSPS) is 13.0. The van der Waals surface area contributed by atoms with Crippen LogP contribution in [0.5, 0.6) is 0 Å². The highest BCUT2D eigenvalue weighted by Crippen LogP contribution is 2.21. The van der Waals surface area contributed by atoms with Crippen molar-refractivity contribution in [2.24, 2.45) is 0 Å². The second-order valence-electron chi connectivity index (χ2n) is 4.73. The third-order valence-electron chi connectivity index (χ3n) is 3.02. The van der Waals surface area contributed by atoms with Crippen molar-refractivity contribution in [3.05, 3.63) is 46.9 Å². The van der Waals surface area contributed by atoms with Crippen molar-refractivity contribution in [1.29, 1.82) is 0 Å². The molecule has 1 aromatic rings. The number of aliphatic hydroxyl groups is 1. The first-order valence-corrected chi connectivity index (χ1v) is 7.84. The molecule has 3 N–H and O–H groups in total. The minimum Gasteiger partial charge on any atom is -0.447 e. The number of rotatable bonds is 8. The average Bonchev–Trinajstić information content (AvgIpc) is 2.57. The molecule has 0 spiro atoms. The van der Waals surface area contributed by atoms with E-state index in [1.807, 2.05) is 0 Å². The molecule has 1 radical (unpaired) electrons. The summed E-state index contributed by atoms with van der Waals surface area (Å²) >= 11 is 10.9. The van der Waals surface area contributed by atoms with Gasteiger partial charge in [0.15, 0.2) is 4.84 Å². The van der Waals surface area contributed by atoms with Gasteiger partial charge in [-0.25, -0.2) is 4.79 Å². The Bertz CT molecular complexity index is 611. The van der Waals surface area contributed by atoms with Crippen LogP contribution in [-0.2, 0) is 9.53 Å². The topological polar surface area (TPSA) is 131 Å². The fourth-order valence-electron chi connectivity index (χ4n) is 1.80. The number of carbonyl (C=O) groups is 2. The Balaban J connectivity index is 2.89. The van der Waals surface area contributed by atoms with Gasteiger partial charge in [0.1, 0.15) is 12.7 Å². The smallest absolute Gasteiger partial charge is 0.407 e. The van der Waals surface area contributed by atoms with E-state index in [1.54, 1.807) is 0 Å². The summed E-state index contributed by atoms with van der Waals surface area (Å²) in [5, 5.41) is 25.7. The molecule has 1 aromatic carbocycles. The molecule has 0 aromatic heterocycles. The van der Waals surface area contributed by atoms with Crippen molar-refractivity contribution in [2.45, 2.75) is 17.0 Å². The monoisotopic (exact) mass is 392 g/mol. The quantitative estimate of drug-likeness (QED) is 0.348. The second kappa shape index (κ2) is 10.0. The molecule has 0 aliphatic heterocycles. The Labute approximate surface area is 153 Å². The van der Waals surface area contributed by atoms with E-state index in [-0.39, 0.29) is 17.8 Å². The number of alkyl carbamates (subject to hydrolysis) is 1. The average molecular weight is 393 g/mol. The predicted molar refractivity (Wildman–Crippen MR) is 90.2 cm³/mol. The molecule has 2 amide bonds. The third-order valence-corrected chi connectivity index (χ3v) is 3.41. The van der Waals surface area contributed by atoms with E-state index in [1.165, 1.54) is 24.3 Å². The maximum atomic E-state index is 11.7. The van der Waals surface area contributed by atoms with E-state index < -0.39 is 40.5 Å². The van der Waals surface area contributed by atoms with Gasteiger partial charge in [-0.2, -0.15) is 0 Å². The molecule has 2 atom stereocenters. The van der Waals surface area contributed by atoms with Crippen LogP contribution in [0.25, 0.3) is 0 Å². The molecule has 0 saturated heterocycles. The first kappa shape index (κ1) is 20.9. The molecule has 0 aliphatic rings. The number of hydrogen-bond acceptors (Lipinski definition) is 6. The fraction of sp³-hybridized carbons (Fsp3) is 0.357. The van der Waals surface area contributed by atoms with Gasteiger partial charge in [-0.3, -0.25) is 14.9 Å². The molecule has 0 saturated carbocycles. The van der Waals surface area contributed by atoms with Gasteiger partial charge in [0.2, 0.25) is 0 Å². The molecule has 0 aliphatic carbocycles. The maximum absolute atomic E-state index is 11.7. The summed E-state index contributed by atoms with van der Waals surface area (Å²) in [7, 11) is 0. The number of nitro groups is 1. The summed E-state index contributed by atoms with van der Waals surface area (Å²) in [6, 6.07) is 3.94. The van der Waals surface area contributed by atoms with Crippen LogP contribution in [0.4, 0.5) is 10.5 Å². The van der Waals surface area contributed by atoms with Gasteiger partial charge in [-0.1, -0.05) is 23.2 Å². The molecule has 25 heavy (non-hydrogen) atoms. The van der Waals surface area contributed by atoms with E-state index in [4.69, 9.17) is 27.9 Å². The van der Waals surface area contributed by atoms with Gasteiger partial charge in [0.25, 0.3) is 11.6 Å². The number of hydrogen-bond donors (Lipinski definition) is 3. The molecule has 9 nitrogen and oxygen atoms in total. The number of alkyl halides is 2. The van der Waals surface area contributed by atoms with Crippen molar-refractivity contribution >= 4 is 40.9 Å². The Kier molecular flexibility index (Phi) is 8.39. The Morgan fingerprint density at radius 1 is 1.32 bits per heavy atom. The largest absolute Gasteiger partial charge is 0.447 e. The first-order valence-electron chi connectivity index (χ1n) is 6.97. The van der Waals surface area contributed by atoms with Crippen molar-refractivity contribution in [1.82, 2.24) is 10.6 Å². The molecule has 0 bridgehead atoms. The van der Waals surface area contributed by atoms with Gasteiger partial charge in [-0.05, 0) is 24.6 Å². The van der Waals surface area contributed by atoms with Crippen LogP contribution in [0.15, 0.2) is 24.3 Å². The molecular weight excluding hydrogens is 377 g/mol. The van der Waals surface area contributed by atoms with Crippen LogP contribution in [0.2, 0.25) is 0 Å². The number of ether oxygens (including phenoxy) is 1. The van der Waals surface area contributed by atoms with Gasteiger partial charge in [0, 0.05) is 18.7 Å². The number of amides is 2. The lowest BCUT2D eigenvalue weighted by Gasteiger charge is -2.24. The highest BCUT2D eigenvalue weighted by Gasteiger charge is 2.27. The van der Waals surface area contributed by atoms with Crippen LogP contribution >= 0.6 is 23.2 Å². The Morgan fingerprint density at radius 2 is 1.92 bits per heavy atom. The standard InChI is InChI=1S/C14H16Cl2N3O6/c1-2-17-14(22)25-7-10(18-13(21)12(15)16)11(20)8-3-5-9(6-4-8)19(23)24/h3-6,10-12,20H,1-2,7H2,(H,17,22)(H,18,21). The lowest BCUT2D eigenvalue weighted by molar-refractivity contribution is -0.384. The SMILES string of the molecule is [CH2]CNC(=O)OCC(NC(=O)C(Cl)Cl)C(O)c1ccc([N+](=O)[O-])cc1. The van der Waals surface area contributed by atoms with E-state index >= 15 is 0 Å². The highest BCUT2D eigenvalue weighted by molar-refractivity contribution is 6.53. The minimum atomic E-state index is -1.39. The number of carbonyl (C=O) groups excluding carboxylic acids is 2. The maximum Gasteiger partial charge on any atom is 0.407 e. The second-order valence-corrected chi connectivity index (χ2v) is 5.83. The van der Waals surface area contributed by atoms with Crippen molar-refractivity contribution in [2.75, 3.05) is 13.2 Å². The predicted octanol–water partition coefficient (Wildman–Crippen LogP) is 1.48. The van der Waals surface area contributed by atoms with Crippen molar-refractivity contribution in [3.8, 4) is 0 Å². The lowest BCUT2D eigenvalue weighted by Crippen LogP contribution is -2.45. The summed E-state index contributed by atoms with van der Waals surface area (Å²) in [6.45, 7) is 3.11. The van der Waals surface area contributed by atoms with Gasteiger partial charge >= 0.3 is 6.09 Å². The minimum absolute atomic E-state index is 0.0895. The molecule has 137 valence electrons. The van der Waals surface area contributed by atoms with Crippen molar-refractivity contribution < 1.29 is 24.4 Å². The van der Waals surface area contributed by atoms with Gasteiger partial charge in [-0.15, -0.1) is 0 Å². The first-order chi connectivity index (χ1) is 11.8. The van der Waals surface area contributed by atoms with Gasteiger partial charge in [0.05, 0.1) is 11.0 Å². The summed E-state index contributed by atoms with van der Waals surface area (Å²) < 4.78 is 4.87. The fourth-order valence-corrected chi connectivity index (χ4v) is 1.93. The van der Waals surface area contributed by atoms with E-state index in [0.29, 0.717) is 0 Å². The number of nitro benzene ring substituents is 1. The molecule has 11 heteroatoms. The van der Waals surface area contributed by atoms with Crippen LogP contribution in [0.1, 0.15) is 11.7 Å².